The van der Waals surface area contributed by atoms with Gasteiger partial charge in [0.05, 0.1) is 10.9 Å². The average molecular weight is 666 g/mol. The van der Waals surface area contributed by atoms with Gasteiger partial charge < -0.3 is 25.4 Å². The van der Waals surface area contributed by atoms with Gasteiger partial charge >= 0.3 is 0 Å². The Morgan fingerprint density at radius 2 is 1.75 bits per heavy atom. The Hall–Kier alpha value is -4.68. The summed E-state index contributed by atoms with van der Waals surface area (Å²) in [4.78, 5) is 74.1. The molecule has 1 saturated heterocycles. The van der Waals surface area contributed by atoms with Gasteiger partial charge in [-0.25, -0.2) is 13.2 Å². The molecule has 3 aromatic rings. The fourth-order valence-corrected chi connectivity index (χ4v) is 7.46. The van der Waals surface area contributed by atoms with Gasteiger partial charge in [0, 0.05) is 36.8 Å². The summed E-state index contributed by atoms with van der Waals surface area (Å²) in [6.07, 6.45) is 4.37. The molecule has 2 aliphatic heterocycles. The number of hydrogen-bond donors (Lipinski definition) is 3. The van der Waals surface area contributed by atoms with Crippen LogP contribution in [0.3, 0.4) is 0 Å². The Kier molecular flexibility index (Phi) is 8.82. The SMILES string of the molecule is CC(C)C[C@@H](C(=O)N1C[C@]2(C[C@H]1C(=O)C(=O)NC1CCCCC1)C(=O)Nc1ccccc12)N(C)C(=O)c1cc2c(F)cc(F)c(F)c2[nH]1. The van der Waals surface area contributed by atoms with E-state index in [-0.39, 0.29) is 42.4 Å². The lowest BCUT2D eigenvalue weighted by Gasteiger charge is -2.34. The van der Waals surface area contributed by atoms with Crippen molar-refractivity contribution in [3.63, 3.8) is 0 Å². The second-order valence-corrected chi connectivity index (χ2v) is 13.6. The maximum Gasteiger partial charge on any atom is 0.289 e. The number of Topliss-reactive ketones (excluding diaryl/α,β-unsaturated/α-hetero) is 1. The van der Waals surface area contributed by atoms with Gasteiger partial charge in [0.2, 0.25) is 17.6 Å². The summed E-state index contributed by atoms with van der Waals surface area (Å²) in [5, 5.41) is 5.34. The molecule has 3 atom stereocenters. The summed E-state index contributed by atoms with van der Waals surface area (Å²) in [5.41, 5.74) is -0.957. The maximum atomic E-state index is 14.6. The highest BCUT2D eigenvalue weighted by molar-refractivity contribution is 6.38. The molecule has 10 nitrogen and oxygen atoms in total. The quantitative estimate of drug-likeness (QED) is 0.240. The van der Waals surface area contributed by atoms with Crippen LogP contribution in [0.4, 0.5) is 18.9 Å². The van der Waals surface area contributed by atoms with Gasteiger partial charge in [-0.15, -0.1) is 0 Å². The number of rotatable bonds is 8. The molecule has 4 amide bonds. The molecule has 3 aliphatic rings. The number of anilines is 1. The van der Waals surface area contributed by atoms with Gasteiger partial charge in [0.15, 0.2) is 11.6 Å². The fourth-order valence-electron chi connectivity index (χ4n) is 7.46. The van der Waals surface area contributed by atoms with E-state index in [1.165, 1.54) is 11.9 Å². The number of aromatic amines is 1. The van der Waals surface area contributed by atoms with Gasteiger partial charge in [0.1, 0.15) is 23.6 Å². The second-order valence-electron chi connectivity index (χ2n) is 13.6. The number of halogens is 3. The third-order valence-electron chi connectivity index (χ3n) is 9.99. The number of nitrogens with one attached hydrogen (secondary N) is 3. The molecular formula is C35H38F3N5O5. The summed E-state index contributed by atoms with van der Waals surface area (Å²) < 4.78 is 42.8. The number of para-hydroxylation sites is 1. The molecule has 1 spiro atoms. The highest BCUT2D eigenvalue weighted by atomic mass is 19.2. The minimum atomic E-state index is -1.43. The Balaban J connectivity index is 1.35. The lowest BCUT2D eigenvalue weighted by molar-refractivity contribution is -0.146. The smallest absolute Gasteiger partial charge is 0.289 e. The minimum Gasteiger partial charge on any atom is -0.348 e. The first-order valence-corrected chi connectivity index (χ1v) is 16.3. The van der Waals surface area contributed by atoms with Gasteiger partial charge in [-0.1, -0.05) is 51.3 Å². The third kappa shape index (κ3) is 5.73. The van der Waals surface area contributed by atoms with Crippen LogP contribution in [-0.4, -0.2) is 75.9 Å². The Morgan fingerprint density at radius 3 is 2.46 bits per heavy atom. The number of fused-ring (bicyclic) bond motifs is 3. The summed E-state index contributed by atoms with van der Waals surface area (Å²) in [6, 6.07) is 5.77. The van der Waals surface area contributed by atoms with Crippen molar-refractivity contribution in [3.05, 3.63) is 65.1 Å². The molecule has 254 valence electrons. The molecule has 6 rings (SSSR count). The van der Waals surface area contributed by atoms with Crippen molar-refractivity contribution in [2.45, 2.75) is 82.3 Å². The molecule has 1 aromatic heterocycles. The third-order valence-corrected chi connectivity index (χ3v) is 9.99. The molecule has 3 N–H and O–H groups in total. The molecule has 3 heterocycles. The highest BCUT2D eigenvalue weighted by Crippen LogP contribution is 2.47. The zero-order valence-corrected chi connectivity index (χ0v) is 27.0. The van der Waals surface area contributed by atoms with Crippen molar-refractivity contribution in [2.75, 3.05) is 18.9 Å². The van der Waals surface area contributed by atoms with E-state index in [0.29, 0.717) is 17.3 Å². The van der Waals surface area contributed by atoms with Crippen LogP contribution in [0.15, 0.2) is 36.4 Å². The topological polar surface area (TPSA) is 132 Å². The molecule has 2 aromatic carbocycles. The summed E-state index contributed by atoms with van der Waals surface area (Å²) in [5.74, 6) is -7.52. The van der Waals surface area contributed by atoms with Crippen molar-refractivity contribution in [1.82, 2.24) is 20.1 Å². The zero-order chi connectivity index (χ0) is 34.5. The molecule has 0 bridgehead atoms. The molecule has 2 fully saturated rings. The van der Waals surface area contributed by atoms with E-state index in [4.69, 9.17) is 0 Å². The Bertz CT molecular complexity index is 1820. The Labute approximate surface area is 275 Å². The molecule has 0 unspecified atom stereocenters. The standard InChI is InChI=1S/C35H38F3N5O5/c1-18(2)13-26(42(3)32(46)25-14-20-22(36)15-23(37)28(38)29(20)40-25)33(47)43-17-35(21-11-7-8-12-24(21)41-34(35)48)16-27(43)30(44)31(45)39-19-9-5-4-6-10-19/h7-8,11-12,14-15,18-19,26-27,40H,4-6,9-10,13,16-17H2,1-3H3,(H,39,45)(H,41,48)/t26-,27-,35-/m0/s1. The van der Waals surface area contributed by atoms with Crippen molar-refractivity contribution in [3.8, 4) is 0 Å². The van der Waals surface area contributed by atoms with Crippen LogP contribution in [0.25, 0.3) is 10.9 Å². The number of ketones is 1. The largest absolute Gasteiger partial charge is 0.348 e. The predicted octanol–water partition coefficient (Wildman–Crippen LogP) is 4.58. The first-order chi connectivity index (χ1) is 22.8. The molecular weight excluding hydrogens is 627 g/mol. The lowest BCUT2D eigenvalue weighted by atomic mass is 9.79. The zero-order valence-electron chi connectivity index (χ0n) is 27.0. The number of aromatic nitrogens is 1. The van der Waals surface area contributed by atoms with E-state index >= 15 is 0 Å². The second kappa shape index (κ2) is 12.7. The maximum absolute atomic E-state index is 14.6. The van der Waals surface area contributed by atoms with Crippen molar-refractivity contribution < 1.29 is 37.1 Å². The van der Waals surface area contributed by atoms with Crippen LogP contribution in [0.5, 0.6) is 0 Å². The summed E-state index contributed by atoms with van der Waals surface area (Å²) in [6.45, 7) is 3.46. The predicted molar refractivity (Wildman–Crippen MR) is 170 cm³/mol. The van der Waals surface area contributed by atoms with Crippen LogP contribution in [0.1, 0.15) is 74.8 Å². The molecule has 13 heteroatoms. The average Bonchev–Trinajstić information content (AvgIpc) is 3.77. The van der Waals surface area contributed by atoms with Crippen molar-refractivity contribution in [2.24, 2.45) is 5.92 Å². The van der Waals surface area contributed by atoms with Crippen LogP contribution < -0.4 is 10.6 Å². The number of likely N-dealkylation sites (N-methyl/N-ethyl adjacent to an activating group) is 1. The van der Waals surface area contributed by atoms with E-state index in [1.807, 2.05) is 13.8 Å². The van der Waals surface area contributed by atoms with Gasteiger partial charge in [-0.2, -0.15) is 0 Å². The first kappa shape index (κ1) is 33.2. The molecule has 1 saturated carbocycles. The number of nitrogens with zero attached hydrogens (tertiary/aromatic N) is 2. The number of carbonyl (C=O) groups is 5. The van der Waals surface area contributed by atoms with E-state index in [9.17, 15) is 37.1 Å². The number of benzene rings is 2. The molecule has 48 heavy (non-hydrogen) atoms. The van der Waals surface area contributed by atoms with Gasteiger partial charge in [0.25, 0.3) is 11.8 Å². The fraction of sp³-hybridized carbons (Fsp3) is 0.457. The van der Waals surface area contributed by atoms with E-state index in [1.54, 1.807) is 24.3 Å². The number of H-pyrrole nitrogens is 1. The van der Waals surface area contributed by atoms with Crippen molar-refractivity contribution >= 4 is 46.0 Å². The Morgan fingerprint density at radius 1 is 1.04 bits per heavy atom. The monoisotopic (exact) mass is 665 g/mol. The molecule has 1 aliphatic carbocycles. The molecule has 0 radical (unpaired) electrons. The van der Waals surface area contributed by atoms with Crippen LogP contribution in [-0.2, 0) is 24.6 Å². The van der Waals surface area contributed by atoms with Gasteiger partial charge in [-0.05, 0) is 49.3 Å². The highest BCUT2D eigenvalue weighted by Gasteiger charge is 2.59. The van der Waals surface area contributed by atoms with Gasteiger partial charge in [-0.3, -0.25) is 24.0 Å². The van der Waals surface area contributed by atoms with E-state index in [0.717, 1.165) is 43.1 Å². The van der Waals surface area contributed by atoms with E-state index < -0.39 is 69.9 Å². The van der Waals surface area contributed by atoms with Crippen LogP contribution in [0, 0.1) is 23.4 Å². The van der Waals surface area contributed by atoms with Crippen LogP contribution >= 0.6 is 0 Å². The van der Waals surface area contributed by atoms with E-state index in [2.05, 4.69) is 15.6 Å². The number of likely N-dealkylation sites (tertiary alicyclic amines) is 1. The summed E-state index contributed by atoms with van der Waals surface area (Å²) >= 11 is 0. The normalized spacial score (nSPS) is 21.4. The minimum absolute atomic E-state index is 0.125. The first-order valence-electron chi connectivity index (χ1n) is 16.3. The van der Waals surface area contributed by atoms with Crippen LogP contribution in [0.2, 0.25) is 0 Å². The van der Waals surface area contributed by atoms with Crippen molar-refractivity contribution in [1.29, 1.82) is 0 Å². The number of carbonyl (C=O) groups excluding carboxylic acids is 5. The number of hydrogen-bond acceptors (Lipinski definition) is 5. The number of amides is 4. The lowest BCUT2D eigenvalue weighted by Crippen LogP contribution is -2.55. The summed E-state index contributed by atoms with van der Waals surface area (Å²) in [7, 11) is 1.35.